The van der Waals surface area contributed by atoms with Gasteiger partial charge in [0, 0.05) is 49.7 Å². The lowest BCUT2D eigenvalue weighted by Crippen LogP contribution is -2.11. The average molecular weight is 805 g/mol. The number of hydrogen-bond donors (Lipinski definition) is 0. The second kappa shape index (κ2) is 15.3. The van der Waals surface area contributed by atoms with Crippen molar-refractivity contribution in [3.63, 3.8) is 0 Å². The van der Waals surface area contributed by atoms with Gasteiger partial charge in [-0.15, -0.1) is 0 Å². The smallest absolute Gasteiger partial charge is 0.143 e. The molecule has 2 heterocycles. The molecular weight excluding hydrogens is 765 g/mol. The first-order valence-electron chi connectivity index (χ1n) is 21.5. The van der Waals surface area contributed by atoms with E-state index in [1.54, 1.807) is 0 Å². The van der Waals surface area contributed by atoms with Crippen molar-refractivity contribution in [2.45, 2.75) is 0 Å². The second-order valence-corrected chi connectivity index (χ2v) is 16.1. The van der Waals surface area contributed by atoms with Crippen molar-refractivity contribution in [2.75, 3.05) is 4.90 Å². The number of para-hydroxylation sites is 4. The lowest BCUT2D eigenvalue weighted by atomic mass is 9.94. The van der Waals surface area contributed by atoms with Crippen LogP contribution in [-0.4, -0.2) is 4.57 Å². The zero-order valence-electron chi connectivity index (χ0n) is 34.4. The van der Waals surface area contributed by atoms with Crippen molar-refractivity contribution in [3.8, 4) is 50.2 Å². The largest absolute Gasteiger partial charge is 0.455 e. The normalized spacial score (nSPS) is 11.5. The number of fused-ring (bicyclic) bond motifs is 6. The van der Waals surface area contributed by atoms with E-state index in [1.807, 2.05) is 6.07 Å². The fourth-order valence-electron chi connectivity index (χ4n) is 9.49. The Balaban J connectivity index is 0.961. The van der Waals surface area contributed by atoms with Crippen molar-refractivity contribution < 1.29 is 4.42 Å². The van der Waals surface area contributed by atoms with Crippen LogP contribution in [0.5, 0.6) is 0 Å². The maximum absolute atomic E-state index is 6.62. The highest BCUT2D eigenvalue weighted by Crippen LogP contribution is 2.45. The third-order valence-electron chi connectivity index (χ3n) is 12.4. The van der Waals surface area contributed by atoms with Crippen LogP contribution in [0.2, 0.25) is 0 Å². The van der Waals surface area contributed by atoms with Crippen LogP contribution in [0.4, 0.5) is 17.1 Å². The van der Waals surface area contributed by atoms with Gasteiger partial charge in [-0.3, -0.25) is 0 Å². The lowest BCUT2D eigenvalue weighted by Gasteiger charge is -2.28. The highest BCUT2D eigenvalue weighted by Gasteiger charge is 2.20. The molecule has 0 radical (unpaired) electrons. The molecule has 63 heavy (non-hydrogen) atoms. The molecule has 2 aromatic heterocycles. The van der Waals surface area contributed by atoms with E-state index in [1.165, 1.54) is 27.4 Å². The molecule has 0 aliphatic rings. The maximum Gasteiger partial charge on any atom is 0.143 e. The SMILES string of the molecule is c1ccc(-c2ccccc2N(c2ccc(-c3cccc(-n4c5ccccc5c5ccccc54)c3)cc2)c2ccc(-c3ccc(-c4ccccc4)c4oc5ccccc5c34)cc2)cc1. The Labute approximate surface area is 366 Å². The quantitative estimate of drug-likeness (QED) is 0.153. The fraction of sp³-hybridized carbons (Fsp3) is 0. The molecule has 0 atom stereocenters. The Morgan fingerprint density at radius 2 is 0.841 bits per heavy atom. The van der Waals surface area contributed by atoms with Crippen LogP contribution in [0.15, 0.2) is 247 Å². The molecular formula is C60H40N2O. The van der Waals surface area contributed by atoms with Gasteiger partial charge in [0.1, 0.15) is 11.2 Å². The number of rotatable bonds is 8. The predicted octanol–water partition coefficient (Wildman–Crippen LogP) is 16.8. The molecule has 3 heteroatoms. The summed E-state index contributed by atoms with van der Waals surface area (Å²) >= 11 is 0. The van der Waals surface area contributed by atoms with Gasteiger partial charge in [-0.05, 0) is 100 Å². The van der Waals surface area contributed by atoms with E-state index in [9.17, 15) is 0 Å². The highest BCUT2D eigenvalue weighted by atomic mass is 16.3. The number of anilines is 3. The van der Waals surface area contributed by atoms with E-state index in [2.05, 4.69) is 246 Å². The topological polar surface area (TPSA) is 21.3 Å². The summed E-state index contributed by atoms with van der Waals surface area (Å²) < 4.78 is 9.01. The first-order chi connectivity index (χ1) is 31.3. The van der Waals surface area contributed by atoms with Crippen molar-refractivity contribution in [3.05, 3.63) is 243 Å². The molecule has 12 aromatic rings. The van der Waals surface area contributed by atoms with Crippen LogP contribution >= 0.6 is 0 Å². The van der Waals surface area contributed by atoms with E-state index in [0.717, 1.165) is 83.6 Å². The average Bonchev–Trinajstić information content (AvgIpc) is 3.92. The van der Waals surface area contributed by atoms with Gasteiger partial charge < -0.3 is 13.9 Å². The first-order valence-corrected chi connectivity index (χ1v) is 21.5. The Bertz CT molecular complexity index is 3550. The van der Waals surface area contributed by atoms with Gasteiger partial charge in [0.05, 0.1) is 16.7 Å². The zero-order valence-corrected chi connectivity index (χ0v) is 34.4. The van der Waals surface area contributed by atoms with Gasteiger partial charge >= 0.3 is 0 Å². The van der Waals surface area contributed by atoms with Crippen LogP contribution in [0, 0.1) is 0 Å². The van der Waals surface area contributed by atoms with Gasteiger partial charge in [-0.25, -0.2) is 0 Å². The summed E-state index contributed by atoms with van der Waals surface area (Å²) in [5.74, 6) is 0. The van der Waals surface area contributed by atoms with Crippen molar-refractivity contribution in [1.29, 1.82) is 0 Å². The van der Waals surface area contributed by atoms with Crippen LogP contribution in [0.3, 0.4) is 0 Å². The molecule has 0 spiro atoms. The second-order valence-electron chi connectivity index (χ2n) is 16.1. The molecule has 0 N–H and O–H groups in total. The van der Waals surface area contributed by atoms with E-state index in [0.29, 0.717) is 0 Å². The molecule has 0 amide bonds. The van der Waals surface area contributed by atoms with Crippen molar-refractivity contribution in [1.82, 2.24) is 4.57 Å². The fourth-order valence-corrected chi connectivity index (χ4v) is 9.49. The molecule has 0 bridgehead atoms. The number of nitrogens with zero attached hydrogens (tertiary/aromatic N) is 2. The van der Waals surface area contributed by atoms with Gasteiger partial charge in [-0.1, -0.05) is 176 Å². The number of benzene rings is 10. The maximum atomic E-state index is 6.62. The molecule has 3 nitrogen and oxygen atoms in total. The molecule has 0 unspecified atom stereocenters. The molecule has 0 saturated heterocycles. The highest BCUT2D eigenvalue weighted by molar-refractivity contribution is 6.16. The van der Waals surface area contributed by atoms with E-state index in [4.69, 9.17) is 4.42 Å². The lowest BCUT2D eigenvalue weighted by molar-refractivity contribution is 0.670. The monoisotopic (exact) mass is 804 g/mol. The molecule has 12 rings (SSSR count). The Morgan fingerprint density at radius 3 is 1.52 bits per heavy atom. The minimum Gasteiger partial charge on any atom is -0.455 e. The van der Waals surface area contributed by atoms with Crippen LogP contribution in [0.25, 0.3) is 93.9 Å². The summed E-state index contributed by atoms with van der Waals surface area (Å²) in [7, 11) is 0. The molecule has 296 valence electrons. The first kappa shape index (κ1) is 36.5. The Kier molecular flexibility index (Phi) is 8.83. The minimum absolute atomic E-state index is 0.888. The van der Waals surface area contributed by atoms with E-state index in [-0.39, 0.29) is 0 Å². The summed E-state index contributed by atoms with van der Waals surface area (Å²) in [6, 6.07) is 86.9. The van der Waals surface area contributed by atoms with Crippen LogP contribution in [0.1, 0.15) is 0 Å². The van der Waals surface area contributed by atoms with Gasteiger partial charge in [0.15, 0.2) is 0 Å². The number of aromatic nitrogens is 1. The summed E-state index contributed by atoms with van der Waals surface area (Å²) in [5.41, 5.74) is 17.7. The van der Waals surface area contributed by atoms with E-state index < -0.39 is 0 Å². The Morgan fingerprint density at radius 1 is 0.333 bits per heavy atom. The van der Waals surface area contributed by atoms with Crippen LogP contribution in [-0.2, 0) is 0 Å². The van der Waals surface area contributed by atoms with Crippen molar-refractivity contribution >= 4 is 60.8 Å². The molecule has 0 fully saturated rings. The summed E-state index contributed by atoms with van der Waals surface area (Å²) in [5, 5.41) is 4.76. The molecule has 0 aliphatic heterocycles. The standard InChI is InChI=1S/C60H40N2O/c1-3-16-42(17-4-1)49-22-7-11-26-55(49)61(46-34-30-41(31-35-46)45-20-15-21-48(40-45)62-56-27-12-8-23-52(56)53-24-9-13-28-57(53)62)47-36-32-44(33-37-47)50-38-39-51(43-18-5-2-6-19-43)60-59(50)54-25-10-14-29-58(54)63-60/h1-40H. The minimum atomic E-state index is 0.888. The molecule has 10 aromatic carbocycles. The van der Waals surface area contributed by atoms with Gasteiger partial charge in [0.2, 0.25) is 0 Å². The third-order valence-corrected chi connectivity index (χ3v) is 12.4. The number of hydrogen-bond acceptors (Lipinski definition) is 2. The zero-order chi connectivity index (χ0) is 41.7. The van der Waals surface area contributed by atoms with Gasteiger partial charge in [0.25, 0.3) is 0 Å². The third kappa shape index (κ3) is 6.29. The Hall–Kier alpha value is -8.40. The summed E-state index contributed by atoms with van der Waals surface area (Å²) in [4.78, 5) is 2.38. The van der Waals surface area contributed by atoms with Crippen LogP contribution < -0.4 is 4.90 Å². The summed E-state index contributed by atoms with van der Waals surface area (Å²) in [6.45, 7) is 0. The van der Waals surface area contributed by atoms with Gasteiger partial charge in [-0.2, -0.15) is 0 Å². The summed E-state index contributed by atoms with van der Waals surface area (Å²) in [6.07, 6.45) is 0. The van der Waals surface area contributed by atoms with Crippen molar-refractivity contribution in [2.24, 2.45) is 0 Å². The van der Waals surface area contributed by atoms with E-state index >= 15 is 0 Å². The molecule has 0 saturated carbocycles. The predicted molar refractivity (Wildman–Crippen MR) is 264 cm³/mol. The molecule has 0 aliphatic carbocycles. The number of furan rings is 1.